The van der Waals surface area contributed by atoms with Gasteiger partial charge in [0.05, 0.1) is 4.92 Å². The van der Waals surface area contributed by atoms with Crippen molar-refractivity contribution in [1.29, 1.82) is 0 Å². The molecule has 1 fully saturated rings. The van der Waals surface area contributed by atoms with Crippen LogP contribution >= 0.6 is 0 Å². The fourth-order valence-corrected chi connectivity index (χ4v) is 3.09. The monoisotopic (exact) mass is 316 g/mol. The van der Waals surface area contributed by atoms with E-state index in [1.165, 1.54) is 25.6 Å². The number of hydrogen-bond acceptors (Lipinski definition) is 6. The highest BCUT2D eigenvalue weighted by Crippen LogP contribution is 2.29. The first-order valence-electron chi connectivity index (χ1n) is 7.84. The molecule has 0 aromatic carbocycles. The van der Waals surface area contributed by atoms with Gasteiger partial charge in [-0.05, 0) is 25.7 Å². The summed E-state index contributed by atoms with van der Waals surface area (Å²) in [6.45, 7) is 3.85. The fourth-order valence-electron chi connectivity index (χ4n) is 3.09. The maximum absolute atomic E-state index is 11.4. The molecule has 2 aromatic heterocycles. The zero-order valence-electron chi connectivity index (χ0n) is 13.3. The third-order valence-corrected chi connectivity index (χ3v) is 4.40. The van der Waals surface area contributed by atoms with Gasteiger partial charge in [-0.3, -0.25) is 14.7 Å². The van der Waals surface area contributed by atoms with Crippen LogP contribution in [0.25, 0.3) is 5.82 Å². The van der Waals surface area contributed by atoms with E-state index < -0.39 is 4.92 Å². The van der Waals surface area contributed by atoms with E-state index >= 15 is 0 Å². The third-order valence-electron chi connectivity index (χ3n) is 4.40. The maximum Gasteiger partial charge on any atom is 0.333 e. The van der Waals surface area contributed by atoms with Crippen molar-refractivity contribution in [2.45, 2.75) is 45.6 Å². The van der Waals surface area contributed by atoms with Crippen LogP contribution < -0.4 is 5.32 Å². The number of nitrogens with zero attached hydrogens (tertiary/aromatic N) is 5. The number of hydrogen-bond donors (Lipinski definition) is 1. The number of imidazole rings is 1. The topological polar surface area (TPSA) is 98.8 Å². The summed E-state index contributed by atoms with van der Waals surface area (Å²) < 4.78 is 1.54. The molecular weight excluding hydrogens is 296 g/mol. The SMILES string of the molecule is Cc1nc(N[C@@H]2CCCC[C@@H]2C)nc(-n2ccnc2)c1[N+](=O)[O-]. The van der Waals surface area contributed by atoms with Gasteiger partial charge in [0.2, 0.25) is 11.8 Å². The molecule has 0 bridgehead atoms. The number of aromatic nitrogens is 4. The van der Waals surface area contributed by atoms with E-state index in [9.17, 15) is 10.1 Å². The Morgan fingerprint density at radius 2 is 2.13 bits per heavy atom. The number of nitrogens with one attached hydrogen (secondary N) is 1. The van der Waals surface area contributed by atoms with Crippen LogP contribution in [0.2, 0.25) is 0 Å². The molecule has 0 unspecified atom stereocenters. The molecule has 23 heavy (non-hydrogen) atoms. The van der Waals surface area contributed by atoms with Crippen molar-refractivity contribution in [1.82, 2.24) is 19.5 Å². The van der Waals surface area contributed by atoms with Gasteiger partial charge in [-0.25, -0.2) is 9.97 Å². The minimum atomic E-state index is -0.447. The average molecular weight is 316 g/mol. The largest absolute Gasteiger partial charge is 0.351 e. The van der Waals surface area contributed by atoms with Crippen LogP contribution in [0.3, 0.4) is 0 Å². The van der Waals surface area contributed by atoms with Crippen molar-refractivity contribution in [3.05, 3.63) is 34.5 Å². The molecule has 8 heteroatoms. The Morgan fingerprint density at radius 1 is 1.35 bits per heavy atom. The lowest BCUT2D eigenvalue weighted by Gasteiger charge is -2.29. The summed E-state index contributed by atoms with van der Waals surface area (Å²) in [6, 6.07) is 0.306. The van der Waals surface area contributed by atoms with E-state index in [0.29, 0.717) is 23.6 Å². The number of rotatable bonds is 4. The molecule has 0 amide bonds. The normalized spacial score (nSPS) is 21.1. The standard InChI is InChI=1S/C15H20N6O2/c1-10-5-3-4-6-12(10)18-15-17-11(2)13(21(22)23)14(19-15)20-8-7-16-9-20/h7-10,12H,3-6H2,1-2H3,(H,17,18,19)/t10-,12+/m0/s1. The molecular formula is C15H20N6O2. The smallest absolute Gasteiger partial charge is 0.333 e. The summed E-state index contributed by atoms with van der Waals surface area (Å²) >= 11 is 0. The highest BCUT2D eigenvalue weighted by Gasteiger charge is 2.26. The molecule has 0 saturated heterocycles. The molecule has 122 valence electrons. The Hall–Kier alpha value is -2.51. The third kappa shape index (κ3) is 3.15. The highest BCUT2D eigenvalue weighted by atomic mass is 16.6. The Labute approximate surface area is 134 Å². The van der Waals surface area contributed by atoms with Gasteiger partial charge in [0, 0.05) is 18.4 Å². The Bertz CT molecular complexity index is 700. The second kappa shape index (κ2) is 6.31. The zero-order valence-corrected chi connectivity index (χ0v) is 13.3. The van der Waals surface area contributed by atoms with Crippen LogP contribution in [0.15, 0.2) is 18.7 Å². The predicted molar refractivity (Wildman–Crippen MR) is 85.6 cm³/mol. The Kier molecular flexibility index (Phi) is 4.22. The summed E-state index contributed by atoms with van der Waals surface area (Å²) in [5.74, 6) is 1.22. The lowest BCUT2D eigenvalue weighted by Crippen LogP contribution is -2.31. The fraction of sp³-hybridized carbons (Fsp3) is 0.533. The lowest BCUT2D eigenvalue weighted by atomic mass is 9.86. The van der Waals surface area contributed by atoms with E-state index in [1.54, 1.807) is 23.9 Å². The molecule has 2 atom stereocenters. The minimum Gasteiger partial charge on any atom is -0.351 e. The van der Waals surface area contributed by atoms with E-state index in [4.69, 9.17) is 0 Å². The summed E-state index contributed by atoms with van der Waals surface area (Å²) in [4.78, 5) is 23.5. The van der Waals surface area contributed by atoms with Gasteiger partial charge in [0.25, 0.3) is 0 Å². The highest BCUT2D eigenvalue weighted by molar-refractivity contribution is 5.53. The molecule has 0 radical (unpaired) electrons. The number of aryl methyl sites for hydroxylation is 1. The van der Waals surface area contributed by atoms with E-state index in [0.717, 1.165) is 6.42 Å². The van der Waals surface area contributed by atoms with Crippen molar-refractivity contribution in [2.24, 2.45) is 5.92 Å². The first kappa shape index (κ1) is 15.4. The predicted octanol–water partition coefficient (Wildman–Crippen LogP) is 2.87. The summed E-state index contributed by atoms with van der Waals surface area (Å²) in [5.41, 5.74) is 0.255. The van der Waals surface area contributed by atoms with Gasteiger partial charge < -0.3 is 5.32 Å². The van der Waals surface area contributed by atoms with Crippen LogP contribution in [0, 0.1) is 23.0 Å². The quantitative estimate of drug-likeness (QED) is 0.688. The van der Waals surface area contributed by atoms with E-state index in [2.05, 4.69) is 27.2 Å². The molecule has 2 aromatic rings. The summed E-state index contributed by atoms with van der Waals surface area (Å²) in [5, 5.41) is 14.7. The number of anilines is 1. The molecule has 1 aliphatic carbocycles. The zero-order chi connectivity index (χ0) is 16.4. The molecule has 0 spiro atoms. The van der Waals surface area contributed by atoms with Crippen LogP contribution in [0.1, 0.15) is 38.3 Å². The molecule has 1 saturated carbocycles. The van der Waals surface area contributed by atoms with Crippen molar-refractivity contribution < 1.29 is 4.92 Å². The number of nitro groups is 1. The van der Waals surface area contributed by atoms with Crippen molar-refractivity contribution in [2.75, 3.05) is 5.32 Å². The van der Waals surface area contributed by atoms with Crippen LogP contribution in [-0.4, -0.2) is 30.5 Å². The van der Waals surface area contributed by atoms with Gasteiger partial charge in [-0.15, -0.1) is 0 Å². The minimum absolute atomic E-state index is 0.0924. The van der Waals surface area contributed by atoms with Crippen molar-refractivity contribution >= 4 is 11.6 Å². The van der Waals surface area contributed by atoms with Gasteiger partial charge in [0.1, 0.15) is 12.0 Å². The summed E-state index contributed by atoms with van der Waals surface area (Å²) in [6.07, 6.45) is 9.39. The van der Waals surface area contributed by atoms with E-state index in [1.807, 2.05) is 0 Å². The van der Waals surface area contributed by atoms with Crippen molar-refractivity contribution in [3.63, 3.8) is 0 Å². The Morgan fingerprint density at radius 3 is 2.78 bits per heavy atom. The van der Waals surface area contributed by atoms with Crippen LogP contribution in [-0.2, 0) is 0 Å². The molecule has 3 rings (SSSR count). The Balaban J connectivity index is 1.97. The molecule has 2 heterocycles. The van der Waals surface area contributed by atoms with E-state index in [-0.39, 0.29) is 11.5 Å². The van der Waals surface area contributed by atoms with Gasteiger partial charge >= 0.3 is 5.69 Å². The lowest BCUT2D eigenvalue weighted by molar-refractivity contribution is -0.385. The first-order valence-corrected chi connectivity index (χ1v) is 7.84. The van der Waals surface area contributed by atoms with Gasteiger partial charge in [-0.2, -0.15) is 4.98 Å². The molecule has 0 aliphatic heterocycles. The van der Waals surface area contributed by atoms with Gasteiger partial charge in [0.15, 0.2) is 0 Å². The summed E-state index contributed by atoms with van der Waals surface area (Å²) in [7, 11) is 0. The molecule has 1 aliphatic rings. The first-order chi connectivity index (χ1) is 11.1. The van der Waals surface area contributed by atoms with Gasteiger partial charge in [-0.1, -0.05) is 19.8 Å². The average Bonchev–Trinajstić information content (AvgIpc) is 3.03. The second-order valence-electron chi connectivity index (χ2n) is 6.04. The molecule has 8 nitrogen and oxygen atoms in total. The van der Waals surface area contributed by atoms with Crippen LogP contribution in [0.5, 0.6) is 0 Å². The molecule has 1 N–H and O–H groups in total. The second-order valence-corrected chi connectivity index (χ2v) is 6.04. The van der Waals surface area contributed by atoms with Crippen LogP contribution in [0.4, 0.5) is 11.6 Å². The maximum atomic E-state index is 11.4. The van der Waals surface area contributed by atoms with Crippen molar-refractivity contribution in [3.8, 4) is 5.82 Å².